The van der Waals surface area contributed by atoms with Gasteiger partial charge in [0.1, 0.15) is 0 Å². The van der Waals surface area contributed by atoms with Crippen LogP contribution in [0.5, 0.6) is 0 Å². The number of hydrogen-bond donors (Lipinski definition) is 2. The van der Waals surface area contributed by atoms with E-state index in [-0.39, 0.29) is 0 Å². The van der Waals surface area contributed by atoms with Gasteiger partial charge >= 0.3 is 0 Å². The van der Waals surface area contributed by atoms with Crippen molar-refractivity contribution >= 4 is 0 Å². The number of likely N-dealkylation sites (tertiary alicyclic amines) is 1. The van der Waals surface area contributed by atoms with Gasteiger partial charge in [0.05, 0.1) is 0 Å². The molecule has 1 heterocycles. The van der Waals surface area contributed by atoms with Gasteiger partial charge in [0.15, 0.2) is 0 Å². The van der Waals surface area contributed by atoms with Crippen molar-refractivity contribution in [2.45, 2.75) is 39.2 Å². The molecule has 96 valence electrons. The molecule has 0 spiro atoms. The molecular weight excluding hydrogens is 198 g/mol. The Labute approximate surface area is 101 Å². The van der Waals surface area contributed by atoms with Crippen molar-refractivity contribution in [2.75, 3.05) is 33.2 Å². The first kappa shape index (κ1) is 13.9. The first-order valence-electron chi connectivity index (χ1n) is 6.76. The van der Waals surface area contributed by atoms with Crippen LogP contribution in [0.4, 0.5) is 0 Å². The van der Waals surface area contributed by atoms with E-state index in [2.05, 4.69) is 31.1 Å². The number of nitrogens with one attached hydrogen (secondary N) is 1. The maximum atomic E-state index is 5.77. The zero-order valence-electron chi connectivity index (χ0n) is 11.2. The number of rotatable bonds is 6. The molecule has 0 aromatic heterocycles. The third-order valence-electron chi connectivity index (χ3n) is 3.95. The fourth-order valence-corrected chi connectivity index (χ4v) is 2.43. The van der Waals surface area contributed by atoms with Crippen molar-refractivity contribution in [3.8, 4) is 0 Å². The summed E-state index contributed by atoms with van der Waals surface area (Å²) >= 11 is 0. The van der Waals surface area contributed by atoms with Gasteiger partial charge in [0.25, 0.3) is 0 Å². The SMILES string of the molecule is CC(C)C(CN)CNCC1CCCCN1C. The van der Waals surface area contributed by atoms with Crippen LogP contribution in [0.1, 0.15) is 33.1 Å². The van der Waals surface area contributed by atoms with E-state index in [1.54, 1.807) is 0 Å². The first-order valence-corrected chi connectivity index (χ1v) is 6.76. The van der Waals surface area contributed by atoms with E-state index in [0.717, 1.165) is 25.7 Å². The van der Waals surface area contributed by atoms with Crippen LogP contribution >= 0.6 is 0 Å². The summed E-state index contributed by atoms with van der Waals surface area (Å²) < 4.78 is 0. The predicted molar refractivity (Wildman–Crippen MR) is 70.5 cm³/mol. The minimum Gasteiger partial charge on any atom is -0.330 e. The van der Waals surface area contributed by atoms with E-state index in [1.807, 2.05) is 0 Å². The highest BCUT2D eigenvalue weighted by atomic mass is 15.2. The molecule has 1 aliphatic rings. The van der Waals surface area contributed by atoms with Crippen molar-refractivity contribution in [2.24, 2.45) is 17.6 Å². The van der Waals surface area contributed by atoms with Crippen LogP contribution in [0.3, 0.4) is 0 Å². The minimum atomic E-state index is 0.619. The average molecular weight is 227 g/mol. The van der Waals surface area contributed by atoms with Gasteiger partial charge in [-0.25, -0.2) is 0 Å². The van der Waals surface area contributed by atoms with Crippen molar-refractivity contribution < 1.29 is 0 Å². The molecule has 0 bridgehead atoms. The largest absolute Gasteiger partial charge is 0.330 e. The molecule has 2 unspecified atom stereocenters. The molecule has 0 aliphatic carbocycles. The monoisotopic (exact) mass is 227 g/mol. The van der Waals surface area contributed by atoms with Crippen LogP contribution in [-0.4, -0.2) is 44.2 Å². The maximum Gasteiger partial charge on any atom is 0.0217 e. The molecule has 1 rings (SSSR count). The number of hydrogen-bond acceptors (Lipinski definition) is 3. The Balaban J connectivity index is 2.18. The number of likely N-dealkylation sites (N-methyl/N-ethyl adjacent to an activating group) is 1. The molecule has 0 aromatic rings. The predicted octanol–water partition coefficient (Wildman–Crippen LogP) is 1.29. The van der Waals surface area contributed by atoms with Gasteiger partial charge in [-0.1, -0.05) is 20.3 Å². The summed E-state index contributed by atoms with van der Waals surface area (Å²) in [6.45, 7) is 8.76. The van der Waals surface area contributed by atoms with Crippen molar-refractivity contribution in [1.82, 2.24) is 10.2 Å². The molecule has 3 heteroatoms. The van der Waals surface area contributed by atoms with Gasteiger partial charge in [-0.2, -0.15) is 0 Å². The molecule has 1 fully saturated rings. The van der Waals surface area contributed by atoms with Crippen LogP contribution < -0.4 is 11.1 Å². The molecule has 2 atom stereocenters. The third kappa shape index (κ3) is 4.40. The van der Waals surface area contributed by atoms with E-state index >= 15 is 0 Å². The van der Waals surface area contributed by atoms with Gasteiger partial charge < -0.3 is 16.0 Å². The lowest BCUT2D eigenvalue weighted by atomic mass is 9.95. The molecule has 0 aromatic carbocycles. The Kier molecular flexibility index (Phi) is 6.32. The Morgan fingerprint density at radius 2 is 2.12 bits per heavy atom. The van der Waals surface area contributed by atoms with E-state index in [0.29, 0.717) is 11.8 Å². The molecule has 0 radical (unpaired) electrons. The zero-order valence-corrected chi connectivity index (χ0v) is 11.2. The summed E-state index contributed by atoms with van der Waals surface area (Å²) in [5.74, 6) is 1.30. The summed E-state index contributed by atoms with van der Waals surface area (Å²) in [5.41, 5.74) is 5.77. The summed E-state index contributed by atoms with van der Waals surface area (Å²) in [6.07, 6.45) is 4.10. The highest BCUT2D eigenvalue weighted by Crippen LogP contribution is 2.14. The van der Waals surface area contributed by atoms with Gasteiger partial charge in [-0.05, 0) is 51.4 Å². The van der Waals surface area contributed by atoms with Crippen LogP contribution in [-0.2, 0) is 0 Å². The smallest absolute Gasteiger partial charge is 0.0217 e. The molecule has 1 saturated heterocycles. The Morgan fingerprint density at radius 3 is 2.69 bits per heavy atom. The maximum absolute atomic E-state index is 5.77. The molecular formula is C13H29N3. The Morgan fingerprint density at radius 1 is 1.38 bits per heavy atom. The van der Waals surface area contributed by atoms with Crippen molar-refractivity contribution in [1.29, 1.82) is 0 Å². The minimum absolute atomic E-state index is 0.619. The van der Waals surface area contributed by atoms with Crippen LogP contribution in [0, 0.1) is 11.8 Å². The van der Waals surface area contributed by atoms with Crippen LogP contribution in [0.2, 0.25) is 0 Å². The van der Waals surface area contributed by atoms with Gasteiger partial charge in [-0.15, -0.1) is 0 Å². The fraction of sp³-hybridized carbons (Fsp3) is 1.00. The summed E-state index contributed by atoms with van der Waals surface area (Å²) in [6, 6.07) is 0.735. The Bertz CT molecular complexity index is 182. The standard InChI is InChI=1S/C13H29N3/c1-11(2)12(8-14)9-15-10-13-6-4-5-7-16(13)3/h11-13,15H,4-10,14H2,1-3H3. The lowest BCUT2D eigenvalue weighted by Gasteiger charge is -2.33. The second-order valence-electron chi connectivity index (χ2n) is 5.53. The van der Waals surface area contributed by atoms with Crippen LogP contribution in [0.25, 0.3) is 0 Å². The second-order valence-corrected chi connectivity index (χ2v) is 5.53. The van der Waals surface area contributed by atoms with Gasteiger partial charge in [0.2, 0.25) is 0 Å². The highest BCUT2D eigenvalue weighted by Gasteiger charge is 2.19. The van der Waals surface area contributed by atoms with E-state index in [4.69, 9.17) is 5.73 Å². The quantitative estimate of drug-likeness (QED) is 0.718. The Hall–Kier alpha value is -0.120. The fourth-order valence-electron chi connectivity index (χ4n) is 2.43. The van der Waals surface area contributed by atoms with E-state index in [9.17, 15) is 0 Å². The van der Waals surface area contributed by atoms with Gasteiger partial charge in [0, 0.05) is 12.6 Å². The number of piperidine rings is 1. The summed E-state index contributed by atoms with van der Waals surface area (Å²) in [5, 5.41) is 3.60. The number of nitrogens with zero attached hydrogens (tertiary/aromatic N) is 1. The average Bonchev–Trinajstić information content (AvgIpc) is 2.26. The summed E-state index contributed by atoms with van der Waals surface area (Å²) in [7, 11) is 2.24. The normalized spacial score (nSPS) is 24.9. The molecule has 3 nitrogen and oxygen atoms in total. The van der Waals surface area contributed by atoms with E-state index in [1.165, 1.54) is 25.8 Å². The lowest BCUT2D eigenvalue weighted by molar-refractivity contribution is 0.178. The molecule has 3 N–H and O–H groups in total. The topological polar surface area (TPSA) is 41.3 Å². The van der Waals surface area contributed by atoms with Crippen molar-refractivity contribution in [3.63, 3.8) is 0 Å². The molecule has 1 aliphatic heterocycles. The second kappa shape index (κ2) is 7.25. The third-order valence-corrected chi connectivity index (χ3v) is 3.95. The van der Waals surface area contributed by atoms with E-state index < -0.39 is 0 Å². The van der Waals surface area contributed by atoms with Gasteiger partial charge in [-0.3, -0.25) is 0 Å². The summed E-state index contributed by atoms with van der Waals surface area (Å²) in [4.78, 5) is 2.49. The zero-order chi connectivity index (χ0) is 12.0. The van der Waals surface area contributed by atoms with Crippen LogP contribution in [0.15, 0.2) is 0 Å². The molecule has 16 heavy (non-hydrogen) atoms. The molecule has 0 saturated carbocycles. The number of nitrogens with two attached hydrogens (primary N) is 1. The highest BCUT2D eigenvalue weighted by molar-refractivity contribution is 4.77. The first-order chi connectivity index (χ1) is 7.65. The van der Waals surface area contributed by atoms with Crippen molar-refractivity contribution in [3.05, 3.63) is 0 Å². The lowest BCUT2D eigenvalue weighted by Crippen LogP contribution is -2.44. The molecule has 0 amide bonds.